The molecule has 3 rings (SSSR count). The zero-order chi connectivity index (χ0) is 13.6. The number of hydrogen-bond acceptors (Lipinski definition) is 2. The molecule has 1 aromatic carbocycles. The Hall–Kier alpha value is -1.13. The number of piperidine rings is 1. The largest absolute Gasteiger partial charge is 0.331 e. The first kappa shape index (κ1) is 12.9. The molecule has 19 heavy (non-hydrogen) atoms. The van der Waals surface area contributed by atoms with Crippen molar-refractivity contribution in [3.05, 3.63) is 34.6 Å². The third-order valence-corrected chi connectivity index (χ3v) is 4.14. The minimum Gasteiger partial charge on any atom is -0.331 e. The van der Waals surface area contributed by atoms with Crippen LogP contribution in [-0.2, 0) is 4.79 Å². The topological polar surface area (TPSA) is 46.3 Å². The van der Waals surface area contributed by atoms with E-state index in [0.29, 0.717) is 23.4 Å². The van der Waals surface area contributed by atoms with Crippen LogP contribution >= 0.6 is 11.6 Å². The molecule has 0 aromatic heterocycles. The van der Waals surface area contributed by atoms with E-state index in [4.69, 9.17) is 17.3 Å². The molecule has 2 atom stereocenters. The highest BCUT2D eigenvalue weighted by Gasteiger charge is 2.43. The van der Waals surface area contributed by atoms with E-state index in [9.17, 15) is 9.18 Å². The first-order chi connectivity index (χ1) is 9.08. The van der Waals surface area contributed by atoms with Gasteiger partial charge in [-0.15, -0.1) is 0 Å². The highest BCUT2D eigenvalue weighted by atomic mass is 35.5. The normalized spacial score (nSPS) is 27.7. The lowest BCUT2D eigenvalue weighted by molar-refractivity contribution is -0.138. The predicted octanol–water partition coefficient (Wildman–Crippen LogP) is 2.63. The fraction of sp³-hybridized carbons (Fsp3) is 0.500. The van der Waals surface area contributed by atoms with Gasteiger partial charge in [0.05, 0.1) is 6.04 Å². The van der Waals surface area contributed by atoms with Crippen LogP contribution in [0.15, 0.2) is 18.2 Å². The summed E-state index contributed by atoms with van der Waals surface area (Å²) in [4.78, 5) is 13.9. The molecular weight excluding hydrogens is 267 g/mol. The summed E-state index contributed by atoms with van der Waals surface area (Å²) in [5, 5.41) is 0.356. The summed E-state index contributed by atoms with van der Waals surface area (Å²) in [6.45, 7) is 0. The molecular formula is C14H16ClFN2O. The summed E-state index contributed by atoms with van der Waals surface area (Å²) >= 11 is 5.78. The molecule has 0 radical (unpaired) electrons. The van der Waals surface area contributed by atoms with Gasteiger partial charge in [0.1, 0.15) is 5.82 Å². The third kappa shape index (κ3) is 2.35. The molecule has 1 saturated carbocycles. The van der Waals surface area contributed by atoms with Crippen molar-refractivity contribution in [3.8, 4) is 0 Å². The van der Waals surface area contributed by atoms with Gasteiger partial charge >= 0.3 is 0 Å². The van der Waals surface area contributed by atoms with Gasteiger partial charge < -0.3 is 10.6 Å². The van der Waals surface area contributed by atoms with Gasteiger partial charge in [0.2, 0.25) is 5.91 Å². The molecule has 1 aromatic rings. The summed E-state index contributed by atoms with van der Waals surface area (Å²) in [5.74, 6) is -0.295. The molecule has 1 amide bonds. The van der Waals surface area contributed by atoms with E-state index in [-0.39, 0.29) is 29.8 Å². The zero-order valence-electron chi connectivity index (χ0n) is 10.5. The second-order valence-electron chi connectivity index (χ2n) is 5.35. The van der Waals surface area contributed by atoms with Crippen LogP contribution in [0, 0.1) is 5.82 Å². The molecule has 1 heterocycles. The summed E-state index contributed by atoms with van der Waals surface area (Å²) in [7, 11) is 0. The maximum Gasteiger partial charge on any atom is 0.223 e. The predicted molar refractivity (Wildman–Crippen MR) is 71.2 cm³/mol. The van der Waals surface area contributed by atoms with E-state index < -0.39 is 0 Å². The van der Waals surface area contributed by atoms with Gasteiger partial charge in [-0.3, -0.25) is 4.79 Å². The van der Waals surface area contributed by atoms with Gasteiger partial charge in [0.15, 0.2) is 0 Å². The van der Waals surface area contributed by atoms with Crippen LogP contribution in [0.1, 0.15) is 37.3 Å². The van der Waals surface area contributed by atoms with Crippen LogP contribution < -0.4 is 5.73 Å². The van der Waals surface area contributed by atoms with Gasteiger partial charge in [0.25, 0.3) is 0 Å². The van der Waals surface area contributed by atoms with E-state index in [0.717, 1.165) is 12.8 Å². The van der Waals surface area contributed by atoms with Gasteiger partial charge in [-0.2, -0.15) is 0 Å². The number of hydrogen-bond donors (Lipinski definition) is 1. The number of nitrogens with two attached hydrogens (primary N) is 1. The van der Waals surface area contributed by atoms with Crippen molar-refractivity contribution in [1.82, 2.24) is 4.90 Å². The Morgan fingerprint density at radius 3 is 2.68 bits per heavy atom. The third-order valence-electron chi connectivity index (χ3n) is 3.91. The Morgan fingerprint density at radius 2 is 2.05 bits per heavy atom. The minimum atomic E-state index is -0.381. The lowest BCUT2D eigenvalue weighted by Crippen LogP contribution is -2.50. The summed E-state index contributed by atoms with van der Waals surface area (Å²) in [6, 6.07) is 4.25. The quantitative estimate of drug-likeness (QED) is 0.906. The summed E-state index contributed by atoms with van der Waals surface area (Å²) < 4.78 is 14.1. The lowest BCUT2D eigenvalue weighted by atomic mass is 9.90. The number of nitrogens with zero attached hydrogens (tertiary/aromatic N) is 1. The monoisotopic (exact) mass is 282 g/mol. The van der Waals surface area contributed by atoms with E-state index >= 15 is 0 Å². The number of carbonyl (C=O) groups excluding carboxylic acids is 1. The van der Waals surface area contributed by atoms with Crippen molar-refractivity contribution in [1.29, 1.82) is 0 Å². The molecule has 1 aliphatic heterocycles. The number of benzene rings is 1. The summed E-state index contributed by atoms with van der Waals surface area (Å²) in [5.41, 5.74) is 6.63. The highest BCUT2D eigenvalue weighted by molar-refractivity contribution is 6.30. The number of halogens is 2. The summed E-state index contributed by atoms with van der Waals surface area (Å²) in [6.07, 6.45) is 3.05. The zero-order valence-corrected chi connectivity index (χ0v) is 11.2. The van der Waals surface area contributed by atoms with Crippen LogP contribution in [-0.4, -0.2) is 22.9 Å². The average Bonchev–Trinajstić information content (AvgIpc) is 3.17. The Labute approximate surface area is 116 Å². The van der Waals surface area contributed by atoms with Crippen molar-refractivity contribution in [2.45, 2.75) is 43.8 Å². The van der Waals surface area contributed by atoms with E-state index in [2.05, 4.69) is 0 Å². The highest BCUT2D eigenvalue weighted by Crippen LogP contribution is 2.40. The van der Waals surface area contributed by atoms with Crippen molar-refractivity contribution in [3.63, 3.8) is 0 Å². The molecule has 1 saturated heterocycles. The minimum absolute atomic E-state index is 0.0866. The molecule has 2 unspecified atom stereocenters. The molecule has 2 fully saturated rings. The number of rotatable bonds is 2. The molecule has 102 valence electrons. The van der Waals surface area contributed by atoms with Gasteiger partial charge in [-0.25, -0.2) is 4.39 Å². The molecule has 1 aliphatic carbocycles. The van der Waals surface area contributed by atoms with Crippen LogP contribution in [0.4, 0.5) is 4.39 Å². The first-order valence-electron chi connectivity index (χ1n) is 6.59. The van der Waals surface area contributed by atoms with Crippen molar-refractivity contribution >= 4 is 17.5 Å². The standard InChI is InChI=1S/C14H16ClFN2O/c15-8-1-4-10(11(16)7-8)14-12(17)5-6-13(19)18(14)9-2-3-9/h1,4,7,9,12,14H,2-3,5-6,17H2. The van der Waals surface area contributed by atoms with E-state index in [1.165, 1.54) is 6.07 Å². The average molecular weight is 283 g/mol. The number of likely N-dealkylation sites (tertiary alicyclic amines) is 1. The van der Waals surface area contributed by atoms with Gasteiger partial charge in [-0.1, -0.05) is 17.7 Å². The number of carbonyl (C=O) groups is 1. The van der Waals surface area contributed by atoms with Crippen LogP contribution in [0.3, 0.4) is 0 Å². The van der Waals surface area contributed by atoms with Crippen LogP contribution in [0.25, 0.3) is 0 Å². The molecule has 3 nitrogen and oxygen atoms in total. The van der Waals surface area contributed by atoms with E-state index in [1.807, 2.05) is 0 Å². The second kappa shape index (κ2) is 4.76. The van der Waals surface area contributed by atoms with E-state index in [1.54, 1.807) is 17.0 Å². The first-order valence-corrected chi connectivity index (χ1v) is 6.97. The Bertz CT molecular complexity index is 518. The second-order valence-corrected chi connectivity index (χ2v) is 5.78. The smallest absolute Gasteiger partial charge is 0.223 e. The van der Waals surface area contributed by atoms with Crippen molar-refractivity contribution in [2.24, 2.45) is 5.73 Å². The molecule has 2 N–H and O–H groups in total. The maximum atomic E-state index is 14.1. The Balaban J connectivity index is 2.00. The van der Waals surface area contributed by atoms with Gasteiger partial charge in [0, 0.05) is 29.1 Å². The lowest BCUT2D eigenvalue weighted by Gasteiger charge is -2.40. The molecule has 0 spiro atoms. The fourth-order valence-electron chi connectivity index (χ4n) is 2.84. The van der Waals surface area contributed by atoms with Gasteiger partial charge in [-0.05, 0) is 31.4 Å². The fourth-order valence-corrected chi connectivity index (χ4v) is 3.00. The maximum absolute atomic E-state index is 14.1. The molecule has 2 aliphatic rings. The SMILES string of the molecule is NC1CCC(=O)N(C2CC2)C1c1ccc(Cl)cc1F. The van der Waals surface area contributed by atoms with Crippen molar-refractivity contribution < 1.29 is 9.18 Å². The molecule has 5 heteroatoms. The Morgan fingerprint density at radius 1 is 1.32 bits per heavy atom. The van der Waals surface area contributed by atoms with Crippen LogP contribution in [0.2, 0.25) is 5.02 Å². The molecule has 0 bridgehead atoms. The van der Waals surface area contributed by atoms with Crippen LogP contribution in [0.5, 0.6) is 0 Å². The Kier molecular flexibility index (Phi) is 3.23. The number of amides is 1. The van der Waals surface area contributed by atoms with Crippen molar-refractivity contribution in [2.75, 3.05) is 0 Å².